The van der Waals surface area contributed by atoms with Crippen molar-refractivity contribution in [2.24, 2.45) is 11.3 Å². The highest BCUT2D eigenvalue weighted by Gasteiger charge is 2.51. The lowest BCUT2D eigenvalue weighted by Gasteiger charge is -2.26. The number of benzene rings is 1. The van der Waals surface area contributed by atoms with Crippen LogP contribution in [0.1, 0.15) is 6.42 Å². The molecule has 128 valence electrons. The minimum Gasteiger partial charge on any atom is -0.384 e. The molecule has 1 aromatic heterocycles. The number of imidazole rings is 1. The zero-order valence-corrected chi connectivity index (χ0v) is 14.0. The number of hydrogen-bond acceptors (Lipinski definition) is 4. The van der Waals surface area contributed by atoms with E-state index >= 15 is 0 Å². The summed E-state index contributed by atoms with van der Waals surface area (Å²) in [6.07, 6.45) is 2.31. The average molecular weight is 329 g/mol. The molecule has 24 heavy (non-hydrogen) atoms. The van der Waals surface area contributed by atoms with Crippen molar-refractivity contribution in [3.05, 3.63) is 30.6 Å². The molecular weight excluding hydrogens is 306 g/mol. The zero-order valence-electron chi connectivity index (χ0n) is 14.0. The summed E-state index contributed by atoms with van der Waals surface area (Å²) in [4.78, 5) is 19.0. The Morgan fingerprint density at radius 3 is 3.21 bits per heavy atom. The first kappa shape index (κ1) is 15.6. The summed E-state index contributed by atoms with van der Waals surface area (Å²) >= 11 is 0. The van der Waals surface area contributed by atoms with Gasteiger partial charge in [-0.2, -0.15) is 0 Å². The van der Waals surface area contributed by atoms with Crippen LogP contribution in [-0.2, 0) is 20.8 Å². The van der Waals surface area contributed by atoms with Gasteiger partial charge in [0.15, 0.2) is 0 Å². The molecule has 0 saturated carbocycles. The maximum absolute atomic E-state index is 12.7. The van der Waals surface area contributed by atoms with E-state index in [1.807, 2.05) is 35.5 Å². The second-order valence-electron chi connectivity index (χ2n) is 6.96. The molecule has 2 aromatic rings. The summed E-state index contributed by atoms with van der Waals surface area (Å²) in [5, 5.41) is 0. The summed E-state index contributed by atoms with van der Waals surface area (Å²) in [5.74, 6) is 0.605. The number of amides is 1. The number of fused-ring (bicyclic) bond motifs is 2. The molecule has 2 saturated heterocycles. The molecule has 2 aliphatic heterocycles. The molecule has 2 fully saturated rings. The zero-order chi connectivity index (χ0) is 16.6. The van der Waals surface area contributed by atoms with Crippen LogP contribution < -0.4 is 0 Å². The number of hydrogen-bond donors (Lipinski definition) is 0. The van der Waals surface area contributed by atoms with Crippen LogP contribution >= 0.6 is 0 Å². The molecule has 1 amide bonds. The third-order valence-electron chi connectivity index (χ3n) is 5.40. The summed E-state index contributed by atoms with van der Waals surface area (Å²) in [6, 6.07) is 8.01. The Kier molecular flexibility index (Phi) is 4.02. The molecule has 6 heteroatoms. The number of aryl methyl sites for hydroxylation is 1. The van der Waals surface area contributed by atoms with Gasteiger partial charge < -0.3 is 18.9 Å². The lowest BCUT2D eigenvalue weighted by atomic mass is 9.82. The monoisotopic (exact) mass is 329 g/mol. The van der Waals surface area contributed by atoms with Crippen molar-refractivity contribution in [2.45, 2.75) is 13.0 Å². The summed E-state index contributed by atoms with van der Waals surface area (Å²) in [7, 11) is 1.72. The number of rotatable bonds is 5. The Balaban J connectivity index is 1.40. The summed E-state index contributed by atoms with van der Waals surface area (Å²) < 4.78 is 13.1. The number of nitrogens with zero attached hydrogens (tertiary/aromatic N) is 3. The number of carbonyl (C=O) groups excluding carboxylic acids is 1. The number of aromatic nitrogens is 2. The number of carbonyl (C=O) groups is 1. The lowest BCUT2D eigenvalue weighted by molar-refractivity contribution is -0.131. The summed E-state index contributed by atoms with van der Waals surface area (Å²) in [6.45, 7) is 4.28. The molecule has 2 aliphatic rings. The van der Waals surface area contributed by atoms with Crippen molar-refractivity contribution in [3.8, 4) is 0 Å². The van der Waals surface area contributed by atoms with Gasteiger partial charge in [-0.15, -0.1) is 0 Å². The fourth-order valence-corrected chi connectivity index (χ4v) is 4.08. The second-order valence-corrected chi connectivity index (χ2v) is 6.96. The van der Waals surface area contributed by atoms with Crippen molar-refractivity contribution < 1.29 is 14.3 Å². The topological polar surface area (TPSA) is 56.6 Å². The molecule has 4 rings (SSSR count). The van der Waals surface area contributed by atoms with E-state index in [1.54, 1.807) is 7.11 Å². The van der Waals surface area contributed by atoms with Crippen molar-refractivity contribution in [3.63, 3.8) is 0 Å². The van der Waals surface area contributed by atoms with Crippen LogP contribution in [0.2, 0.25) is 0 Å². The predicted octanol–water partition coefficient (Wildman–Crippen LogP) is 1.55. The minimum atomic E-state index is -0.00783. The van der Waals surface area contributed by atoms with Gasteiger partial charge in [0.1, 0.15) is 0 Å². The van der Waals surface area contributed by atoms with Crippen molar-refractivity contribution in [1.29, 1.82) is 0 Å². The Morgan fingerprint density at radius 1 is 1.46 bits per heavy atom. The first-order valence-corrected chi connectivity index (χ1v) is 8.46. The summed E-state index contributed by atoms with van der Waals surface area (Å²) in [5.41, 5.74) is 2.04. The number of para-hydroxylation sites is 2. The van der Waals surface area contributed by atoms with E-state index in [2.05, 4.69) is 9.55 Å². The third kappa shape index (κ3) is 2.59. The van der Waals surface area contributed by atoms with Gasteiger partial charge in [0.05, 0.1) is 37.2 Å². The van der Waals surface area contributed by atoms with Gasteiger partial charge in [0.2, 0.25) is 5.91 Å². The maximum atomic E-state index is 12.7. The van der Waals surface area contributed by atoms with Gasteiger partial charge in [-0.1, -0.05) is 12.1 Å². The van der Waals surface area contributed by atoms with Gasteiger partial charge in [-0.25, -0.2) is 4.98 Å². The quantitative estimate of drug-likeness (QED) is 0.835. The SMILES string of the molecule is COC[C@@]12COC[C@@H]1CN(C(=O)CCn1cnc3ccccc31)C2. The predicted molar refractivity (Wildman–Crippen MR) is 89.5 cm³/mol. The van der Waals surface area contributed by atoms with Crippen LogP contribution in [0.5, 0.6) is 0 Å². The molecular formula is C18H23N3O3. The van der Waals surface area contributed by atoms with Gasteiger partial charge in [0.25, 0.3) is 0 Å². The second kappa shape index (κ2) is 6.18. The fraction of sp³-hybridized carbons (Fsp3) is 0.556. The van der Waals surface area contributed by atoms with E-state index < -0.39 is 0 Å². The van der Waals surface area contributed by atoms with Crippen LogP contribution in [0.3, 0.4) is 0 Å². The molecule has 0 bridgehead atoms. The Hall–Kier alpha value is -1.92. The highest BCUT2D eigenvalue weighted by molar-refractivity contribution is 5.78. The Morgan fingerprint density at radius 2 is 2.33 bits per heavy atom. The minimum absolute atomic E-state index is 0.00783. The van der Waals surface area contributed by atoms with Crippen molar-refractivity contribution in [1.82, 2.24) is 14.5 Å². The van der Waals surface area contributed by atoms with Gasteiger partial charge in [-0.05, 0) is 12.1 Å². The van der Waals surface area contributed by atoms with Crippen LogP contribution in [-0.4, -0.2) is 60.4 Å². The standard InChI is InChI=1S/C18H23N3O3/c1-23-11-18-10-21(8-14(18)9-24-12-18)17(22)6-7-20-13-19-15-4-2-3-5-16(15)20/h2-5,13-14H,6-12H2,1H3/t14-,18-/m0/s1. The number of likely N-dealkylation sites (tertiary alicyclic amines) is 1. The highest BCUT2D eigenvalue weighted by atomic mass is 16.5. The van der Waals surface area contributed by atoms with Gasteiger partial charge in [0, 0.05) is 44.5 Å². The van der Waals surface area contributed by atoms with E-state index in [1.165, 1.54) is 0 Å². The molecule has 0 N–H and O–H groups in total. The van der Waals surface area contributed by atoms with E-state index in [0.29, 0.717) is 32.1 Å². The normalized spacial score (nSPS) is 26.2. The first-order chi connectivity index (χ1) is 11.7. The van der Waals surface area contributed by atoms with Crippen molar-refractivity contribution >= 4 is 16.9 Å². The molecule has 3 heterocycles. The molecule has 0 aliphatic carbocycles. The smallest absolute Gasteiger partial charge is 0.224 e. The van der Waals surface area contributed by atoms with Crippen LogP contribution in [0, 0.1) is 11.3 Å². The maximum Gasteiger partial charge on any atom is 0.224 e. The Bertz CT molecular complexity index is 744. The number of methoxy groups -OCH3 is 1. The third-order valence-corrected chi connectivity index (χ3v) is 5.40. The first-order valence-electron chi connectivity index (χ1n) is 8.46. The van der Waals surface area contributed by atoms with Gasteiger partial charge >= 0.3 is 0 Å². The van der Waals surface area contributed by atoms with Crippen LogP contribution in [0.4, 0.5) is 0 Å². The largest absolute Gasteiger partial charge is 0.384 e. The molecule has 6 nitrogen and oxygen atoms in total. The Labute approximate surface area is 141 Å². The molecule has 1 aromatic carbocycles. The van der Waals surface area contributed by atoms with Crippen LogP contribution in [0.25, 0.3) is 11.0 Å². The fourth-order valence-electron chi connectivity index (χ4n) is 4.08. The van der Waals surface area contributed by atoms with E-state index in [4.69, 9.17) is 9.47 Å². The lowest BCUT2D eigenvalue weighted by Crippen LogP contribution is -2.37. The molecule has 0 spiro atoms. The van der Waals surface area contributed by atoms with E-state index in [-0.39, 0.29) is 11.3 Å². The highest BCUT2D eigenvalue weighted by Crippen LogP contribution is 2.41. The van der Waals surface area contributed by atoms with Crippen LogP contribution in [0.15, 0.2) is 30.6 Å². The molecule has 0 unspecified atom stereocenters. The average Bonchev–Trinajstić information content (AvgIpc) is 3.25. The van der Waals surface area contributed by atoms with E-state index in [9.17, 15) is 4.79 Å². The van der Waals surface area contributed by atoms with Crippen molar-refractivity contribution in [2.75, 3.05) is 40.0 Å². The van der Waals surface area contributed by atoms with Gasteiger partial charge in [-0.3, -0.25) is 4.79 Å². The number of ether oxygens (including phenoxy) is 2. The molecule has 0 radical (unpaired) electrons. The molecule has 2 atom stereocenters. The van der Waals surface area contributed by atoms with E-state index in [0.717, 1.165) is 30.7 Å².